The molecule has 0 bridgehead atoms. The molecule has 1 unspecified atom stereocenters. The van der Waals surface area contributed by atoms with Crippen molar-refractivity contribution >= 4 is 30.7 Å². The number of nitrogens with zero attached hydrogens (tertiary/aromatic N) is 1. The first-order valence-electron chi connectivity index (χ1n) is 9.34. The zero-order valence-corrected chi connectivity index (χ0v) is 18.4. The van der Waals surface area contributed by atoms with Crippen LogP contribution in [0.15, 0.2) is 36.5 Å². The van der Waals surface area contributed by atoms with Crippen LogP contribution in [0, 0.1) is 19.8 Å². The van der Waals surface area contributed by atoms with Gasteiger partial charge in [0.2, 0.25) is 11.8 Å². The van der Waals surface area contributed by atoms with Crippen LogP contribution in [-0.2, 0) is 16.1 Å². The smallest absolute Gasteiger partial charge is 0.237 e. The van der Waals surface area contributed by atoms with Gasteiger partial charge in [0.15, 0.2) is 0 Å². The van der Waals surface area contributed by atoms with Gasteiger partial charge in [-0.15, -0.1) is 24.8 Å². The van der Waals surface area contributed by atoms with Crippen molar-refractivity contribution in [2.45, 2.75) is 39.3 Å². The molecule has 0 saturated carbocycles. The normalized spacial score (nSPS) is 14.9. The fourth-order valence-electron chi connectivity index (χ4n) is 3.16. The minimum absolute atomic E-state index is 0. The minimum Gasteiger partial charge on any atom is -0.439 e. The van der Waals surface area contributed by atoms with E-state index in [0.717, 1.165) is 35.3 Å². The number of amides is 1. The molecule has 6 nitrogen and oxygen atoms in total. The fraction of sp³-hybridized carbons (Fsp3) is 0.429. The third-order valence-corrected chi connectivity index (χ3v) is 5.11. The molecule has 1 atom stereocenters. The summed E-state index contributed by atoms with van der Waals surface area (Å²) >= 11 is 0. The maximum atomic E-state index is 12.3. The number of nitrogens with two attached hydrogens (primary N) is 1. The van der Waals surface area contributed by atoms with E-state index in [9.17, 15) is 4.79 Å². The monoisotopic (exact) mass is 441 g/mol. The quantitative estimate of drug-likeness (QED) is 0.713. The molecule has 1 amide bonds. The number of aromatic nitrogens is 1. The SMILES string of the molecule is Cc1cccc(Oc2cc(CNC(=O)C(N)C3CCOCC3)ccn2)c1C.Cl.Cl. The van der Waals surface area contributed by atoms with Crippen LogP contribution in [-0.4, -0.2) is 30.1 Å². The highest BCUT2D eigenvalue weighted by Crippen LogP contribution is 2.26. The van der Waals surface area contributed by atoms with Crippen LogP contribution in [0.5, 0.6) is 11.6 Å². The van der Waals surface area contributed by atoms with E-state index in [1.165, 1.54) is 0 Å². The number of pyridine rings is 1. The van der Waals surface area contributed by atoms with Gasteiger partial charge in [-0.25, -0.2) is 4.98 Å². The molecule has 1 aromatic carbocycles. The molecule has 1 fully saturated rings. The van der Waals surface area contributed by atoms with E-state index in [1.807, 2.05) is 44.2 Å². The first-order chi connectivity index (χ1) is 13.0. The Kier molecular flexibility index (Phi) is 10.4. The average molecular weight is 442 g/mol. The van der Waals surface area contributed by atoms with Crippen LogP contribution in [0.25, 0.3) is 0 Å². The van der Waals surface area contributed by atoms with Crippen LogP contribution >= 0.6 is 24.8 Å². The van der Waals surface area contributed by atoms with Gasteiger partial charge < -0.3 is 20.5 Å². The highest BCUT2D eigenvalue weighted by atomic mass is 35.5. The molecule has 8 heteroatoms. The van der Waals surface area contributed by atoms with Crippen LogP contribution in [0.1, 0.15) is 29.5 Å². The zero-order valence-electron chi connectivity index (χ0n) is 16.7. The molecule has 2 heterocycles. The van der Waals surface area contributed by atoms with Gasteiger partial charge in [0.1, 0.15) is 5.75 Å². The Labute approximate surface area is 184 Å². The Hall–Kier alpha value is -1.86. The van der Waals surface area contributed by atoms with Gasteiger partial charge >= 0.3 is 0 Å². The van der Waals surface area contributed by atoms with E-state index in [0.29, 0.717) is 25.6 Å². The van der Waals surface area contributed by atoms with Crippen molar-refractivity contribution in [3.8, 4) is 11.6 Å². The Morgan fingerprint density at radius 1 is 1.28 bits per heavy atom. The molecule has 1 saturated heterocycles. The lowest BCUT2D eigenvalue weighted by Gasteiger charge is -2.26. The maximum absolute atomic E-state index is 12.3. The zero-order chi connectivity index (χ0) is 19.2. The predicted octanol–water partition coefficient (Wildman–Crippen LogP) is 3.70. The molecular formula is C21H29Cl2N3O3. The lowest BCUT2D eigenvalue weighted by molar-refractivity contribution is -0.124. The summed E-state index contributed by atoms with van der Waals surface area (Å²) in [5, 5.41) is 2.92. The number of benzene rings is 1. The van der Waals surface area contributed by atoms with Crippen LogP contribution in [0.2, 0.25) is 0 Å². The summed E-state index contributed by atoms with van der Waals surface area (Å²) < 4.78 is 11.2. The van der Waals surface area contributed by atoms with E-state index in [4.69, 9.17) is 15.2 Å². The van der Waals surface area contributed by atoms with Crippen LogP contribution in [0.3, 0.4) is 0 Å². The molecule has 160 valence electrons. The van der Waals surface area contributed by atoms with Gasteiger partial charge in [-0.05, 0) is 61.4 Å². The molecule has 0 spiro atoms. The molecule has 1 aliphatic heterocycles. The predicted molar refractivity (Wildman–Crippen MR) is 118 cm³/mol. The van der Waals surface area contributed by atoms with Crippen LogP contribution < -0.4 is 15.8 Å². The number of carbonyl (C=O) groups is 1. The summed E-state index contributed by atoms with van der Waals surface area (Å²) in [6, 6.07) is 9.12. The van der Waals surface area contributed by atoms with E-state index < -0.39 is 6.04 Å². The molecular weight excluding hydrogens is 413 g/mol. The number of ether oxygens (including phenoxy) is 2. The molecule has 0 aliphatic carbocycles. The number of carbonyl (C=O) groups excluding carboxylic acids is 1. The van der Waals surface area contributed by atoms with E-state index in [1.54, 1.807) is 6.20 Å². The Bertz CT molecular complexity index is 798. The van der Waals surface area contributed by atoms with E-state index in [-0.39, 0.29) is 36.6 Å². The Morgan fingerprint density at radius 2 is 2.00 bits per heavy atom. The summed E-state index contributed by atoms with van der Waals surface area (Å²) in [7, 11) is 0. The van der Waals surface area contributed by atoms with Crippen molar-refractivity contribution in [3.63, 3.8) is 0 Å². The number of halogens is 2. The van der Waals surface area contributed by atoms with E-state index in [2.05, 4.69) is 10.3 Å². The van der Waals surface area contributed by atoms with Gasteiger partial charge in [0.25, 0.3) is 0 Å². The first kappa shape index (κ1) is 25.2. The Balaban J connectivity index is 0.00000210. The third-order valence-electron chi connectivity index (χ3n) is 5.11. The van der Waals surface area contributed by atoms with Crippen molar-refractivity contribution in [1.82, 2.24) is 10.3 Å². The topological polar surface area (TPSA) is 86.5 Å². The first-order valence-corrected chi connectivity index (χ1v) is 9.34. The molecule has 1 aromatic heterocycles. The lowest BCUT2D eigenvalue weighted by atomic mass is 9.92. The van der Waals surface area contributed by atoms with Gasteiger partial charge in [0, 0.05) is 32.0 Å². The second-order valence-corrected chi connectivity index (χ2v) is 7.00. The van der Waals surface area contributed by atoms with Gasteiger partial charge in [-0.2, -0.15) is 0 Å². The number of hydrogen-bond acceptors (Lipinski definition) is 5. The summed E-state index contributed by atoms with van der Waals surface area (Å²) in [6.45, 7) is 5.81. The summed E-state index contributed by atoms with van der Waals surface area (Å²) in [5.41, 5.74) is 9.28. The van der Waals surface area contributed by atoms with Crippen molar-refractivity contribution in [2.24, 2.45) is 11.7 Å². The maximum Gasteiger partial charge on any atom is 0.237 e. The van der Waals surface area contributed by atoms with Crippen molar-refractivity contribution in [1.29, 1.82) is 0 Å². The summed E-state index contributed by atoms with van der Waals surface area (Å²) in [5.74, 6) is 1.34. The molecule has 29 heavy (non-hydrogen) atoms. The van der Waals surface area contributed by atoms with Gasteiger partial charge in [-0.1, -0.05) is 12.1 Å². The summed E-state index contributed by atoms with van der Waals surface area (Å²) in [6.07, 6.45) is 3.34. The van der Waals surface area contributed by atoms with Gasteiger partial charge in [-0.3, -0.25) is 4.79 Å². The molecule has 3 rings (SSSR count). The lowest BCUT2D eigenvalue weighted by Crippen LogP contribution is -2.46. The second-order valence-electron chi connectivity index (χ2n) is 7.00. The van der Waals surface area contributed by atoms with Crippen molar-refractivity contribution < 1.29 is 14.3 Å². The third kappa shape index (κ3) is 6.85. The number of nitrogens with one attached hydrogen (secondary N) is 1. The number of rotatable bonds is 6. The number of hydrogen-bond donors (Lipinski definition) is 2. The largest absolute Gasteiger partial charge is 0.439 e. The Morgan fingerprint density at radius 3 is 2.72 bits per heavy atom. The van der Waals surface area contributed by atoms with Gasteiger partial charge in [0.05, 0.1) is 6.04 Å². The van der Waals surface area contributed by atoms with Crippen LogP contribution in [0.4, 0.5) is 0 Å². The fourth-order valence-corrected chi connectivity index (χ4v) is 3.16. The molecule has 0 radical (unpaired) electrons. The van der Waals surface area contributed by atoms with Crippen molar-refractivity contribution in [2.75, 3.05) is 13.2 Å². The minimum atomic E-state index is -0.499. The molecule has 3 N–H and O–H groups in total. The highest BCUT2D eigenvalue weighted by Gasteiger charge is 2.26. The molecule has 1 aliphatic rings. The second kappa shape index (κ2) is 12.0. The molecule has 2 aromatic rings. The van der Waals surface area contributed by atoms with E-state index >= 15 is 0 Å². The number of aryl methyl sites for hydroxylation is 1. The summed E-state index contributed by atoms with van der Waals surface area (Å²) in [4.78, 5) is 16.6. The van der Waals surface area contributed by atoms with Crippen molar-refractivity contribution in [3.05, 3.63) is 53.2 Å². The standard InChI is InChI=1S/C21H27N3O3.2ClH/c1-14-4-3-5-18(15(14)2)27-19-12-16(6-9-23-19)13-24-21(25)20(22)17-7-10-26-11-8-17;;/h3-6,9,12,17,20H,7-8,10-11,13,22H2,1-2H3,(H,24,25);2*1H. The average Bonchev–Trinajstić information content (AvgIpc) is 2.70. The highest BCUT2D eigenvalue weighted by molar-refractivity contribution is 5.85.